The Hall–Kier alpha value is -1.93. The number of rotatable bonds is 5. The van der Waals surface area contributed by atoms with Crippen LogP contribution < -0.4 is 5.73 Å². The molecule has 0 aliphatic carbocycles. The minimum atomic E-state index is -0.256. The van der Waals surface area contributed by atoms with E-state index in [4.69, 9.17) is 5.73 Å². The van der Waals surface area contributed by atoms with Gasteiger partial charge >= 0.3 is 0 Å². The van der Waals surface area contributed by atoms with Gasteiger partial charge < -0.3 is 5.73 Å². The Bertz CT molecular complexity index is 548. The van der Waals surface area contributed by atoms with Crippen molar-refractivity contribution in [2.45, 2.75) is 19.3 Å². The van der Waals surface area contributed by atoms with Crippen LogP contribution in [0.15, 0.2) is 54.6 Å². The molecular formula is C17H19NO. The van der Waals surface area contributed by atoms with Crippen molar-refractivity contribution >= 4 is 5.78 Å². The van der Waals surface area contributed by atoms with E-state index in [9.17, 15) is 4.79 Å². The van der Waals surface area contributed by atoms with Crippen LogP contribution in [-0.2, 0) is 6.42 Å². The van der Waals surface area contributed by atoms with Crippen molar-refractivity contribution in [1.82, 2.24) is 0 Å². The second kappa shape index (κ2) is 6.30. The van der Waals surface area contributed by atoms with Gasteiger partial charge in [-0.25, -0.2) is 0 Å². The molecule has 0 heterocycles. The van der Waals surface area contributed by atoms with Gasteiger partial charge in [-0.2, -0.15) is 0 Å². The second-order valence-corrected chi connectivity index (χ2v) is 4.62. The quantitative estimate of drug-likeness (QED) is 0.832. The summed E-state index contributed by atoms with van der Waals surface area (Å²) in [6.45, 7) is 2.42. The van der Waals surface area contributed by atoms with Crippen LogP contribution in [-0.4, -0.2) is 12.3 Å². The Morgan fingerprint density at radius 1 is 1.11 bits per heavy atom. The van der Waals surface area contributed by atoms with Gasteiger partial charge in [0.1, 0.15) is 0 Å². The van der Waals surface area contributed by atoms with Crippen LogP contribution in [0.1, 0.15) is 34.3 Å². The van der Waals surface area contributed by atoms with E-state index in [-0.39, 0.29) is 11.7 Å². The Labute approximate surface area is 114 Å². The summed E-state index contributed by atoms with van der Waals surface area (Å²) in [5, 5.41) is 0. The lowest BCUT2D eigenvalue weighted by Gasteiger charge is -2.14. The van der Waals surface area contributed by atoms with Gasteiger partial charge in [0.15, 0.2) is 5.78 Å². The fourth-order valence-corrected chi connectivity index (χ4v) is 2.23. The van der Waals surface area contributed by atoms with E-state index in [1.54, 1.807) is 0 Å². The molecule has 19 heavy (non-hydrogen) atoms. The Kier molecular flexibility index (Phi) is 4.48. The maximum absolute atomic E-state index is 12.6. The zero-order valence-corrected chi connectivity index (χ0v) is 11.2. The summed E-state index contributed by atoms with van der Waals surface area (Å²) in [6.07, 6.45) is 0.930. The molecule has 98 valence electrons. The first-order valence-electron chi connectivity index (χ1n) is 6.64. The van der Waals surface area contributed by atoms with Crippen molar-refractivity contribution in [2.24, 2.45) is 5.73 Å². The summed E-state index contributed by atoms with van der Waals surface area (Å²) in [6, 6.07) is 17.5. The molecule has 0 saturated carbocycles. The number of carbonyl (C=O) groups is 1. The van der Waals surface area contributed by atoms with Crippen LogP contribution in [0.2, 0.25) is 0 Å². The molecule has 2 nitrogen and oxygen atoms in total. The Morgan fingerprint density at radius 3 is 2.47 bits per heavy atom. The monoisotopic (exact) mass is 253 g/mol. The molecule has 0 saturated heterocycles. The van der Waals surface area contributed by atoms with E-state index in [2.05, 4.69) is 6.92 Å². The Balaban J connectivity index is 2.30. The third-order valence-electron chi connectivity index (χ3n) is 3.37. The number of aryl methyl sites for hydroxylation is 1. The summed E-state index contributed by atoms with van der Waals surface area (Å²) in [5.41, 5.74) is 8.70. The zero-order valence-electron chi connectivity index (χ0n) is 11.2. The molecule has 0 bridgehead atoms. The summed E-state index contributed by atoms with van der Waals surface area (Å²) in [5.74, 6) is -0.155. The molecule has 2 aromatic carbocycles. The highest BCUT2D eigenvalue weighted by Crippen LogP contribution is 2.20. The zero-order chi connectivity index (χ0) is 13.7. The maximum atomic E-state index is 12.6. The summed E-state index contributed by atoms with van der Waals surface area (Å²) in [4.78, 5) is 12.6. The van der Waals surface area contributed by atoms with Crippen molar-refractivity contribution in [3.05, 3.63) is 71.3 Å². The molecule has 0 spiro atoms. The number of carbonyl (C=O) groups excluding carboxylic acids is 1. The lowest BCUT2D eigenvalue weighted by Crippen LogP contribution is -2.21. The van der Waals surface area contributed by atoms with Gasteiger partial charge in [0.2, 0.25) is 0 Å². The molecule has 0 amide bonds. The molecule has 2 heteroatoms. The molecule has 0 radical (unpaired) electrons. The standard InChI is InChI=1S/C17H19NO/c1-2-13-7-6-10-15(11-13)17(19)16(12-18)14-8-4-3-5-9-14/h3-11,16H,2,12,18H2,1H3. The van der Waals surface area contributed by atoms with Gasteiger partial charge in [-0.3, -0.25) is 4.79 Å². The number of ketones is 1. The van der Waals surface area contributed by atoms with Gasteiger partial charge in [0.25, 0.3) is 0 Å². The second-order valence-electron chi connectivity index (χ2n) is 4.62. The molecule has 2 rings (SSSR count). The van der Waals surface area contributed by atoms with E-state index in [1.165, 1.54) is 5.56 Å². The maximum Gasteiger partial charge on any atom is 0.171 e. The normalized spacial score (nSPS) is 12.1. The lowest BCUT2D eigenvalue weighted by molar-refractivity contribution is 0.0962. The average Bonchev–Trinajstić information content (AvgIpc) is 2.49. The van der Waals surface area contributed by atoms with Gasteiger partial charge in [-0.1, -0.05) is 55.5 Å². The summed E-state index contributed by atoms with van der Waals surface area (Å²) >= 11 is 0. The number of hydrogen-bond donors (Lipinski definition) is 1. The smallest absolute Gasteiger partial charge is 0.171 e. The first kappa shape index (κ1) is 13.5. The van der Waals surface area contributed by atoms with Gasteiger partial charge in [0, 0.05) is 12.1 Å². The topological polar surface area (TPSA) is 43.1 Å². The number of hydrogen-bond acceptors (Lipinski definition) is 2. The molecule has 0 fully saturated rings. The van der Waals surface area contributed by atoms with Crippen LogP contribution in [0, 0.1) is 0 Å². The van der Waals surface area contributed by atoms with Crippen LogP contribution in [0.5, 0.6) is 0 Å². The molecule has 1 atom stereocenters. The number of Topliss-reactive ketones (excluding diaryl/α,β-unsaturated/α-hetero) is 1. The average molecular weight is 253 g/mol. The minimum Gasteiger partial charge on any atom is -0.329 e. The molecule has 0 aliphatic heterocycles. The van der Waals surface area contributed by atoms with E-state index < -0.39 is 0 Å². The highest BCUT2D eigenvalue weighted by atomic mass is 16.1. The number of nitrogens with two attached hydrogens (primary N) is 1. The predicted octanol–water partition coefficient (Wildman–Crippen LogP) is 3.17. The van der Waals surface area contributed by atoms with E-state index in [0.717, 1.165) is 17.5 Å². The van der Waals surface area contributed by atoms with E-state index >= 15 is 0 Å². The summed E-state index contributed by atoms with van der Waals surface area (Å²) in [7, 11) is 0. The lowest BCUT2D eigenvalue weighted by atomic mass is 9.90. The molecular weight excluding hydrogens is 234 g/mol. The predicted molar refractivity (Wildman–Crippen MR) is 78.4 cm³/mol. The molecule has 2 N–H and O–H groups in total. The largest absolute Gasteiger partial charge is 0.329 e. The van der Waals surface area contributed by atoms with Gasteiger partial charge in [-0.05, 0) is 23.6 Å². The highest BCUT2D eigenvalue weighted by molar-refractivity contribution is 6.01. The van der Waals surface area contributed by atoms with Crippen molar-refractivity contribution in [1.29, 1.82) is 0 Å². The number of benzene rings is 2. The van der Waals surface area contributed by atoms with E-state index in [1.807, 2.05) is 54.6 Å². The van der Waals surface area contributed by atoms with Gasteiger partial charge in [-0.15, -0.1) is 0 Å². The minimum absolute atomic E-state index is 0.101. The Morgan fingerprint density at radius 2 is 1.84 bits per heavy atom. The van der Waals surface area contributed by atoms with Crippen LogP contribution in [0.4, 0.5) is 0 Å². The summed E-state index contributed by atoms with van der Waals surface area (Å²) < 4.78 is 0. The first-order valence-corrected chi connectivity index (χ1v) is 6.64. The van der Waals surface area contributed by atoms with E-state index in [0.29, 0.717) is 6.54 Å². The highest BCUT2D eigenvalue weighted by Gasteiger charge is 2.20. The van der Waals surface area contributed by atoms with Crippen molar-refractivity contribution in [3.8, 4) is 0 Å². The van der Waals surface area contributed by atoms with Crippen LogP contribution >= 0.6 is 0 Å². The van der Waals surface area contributed by atoms with Crippen LogP contribution in [0.25, 0.3) is 0 Å². The van der Waals surface area contributed by atoms with Gasteiger partial charge in [0.05, 0.1) is 5.92 Å². The fourth-order valence-electron chi connectivity index (χ4n) is 2.23. The van der Waals surface area contributed by atoms with Crippen LogP contribution in [0.3, 0.4) is 0 Å². The SMILES string of the molecule is CCc1cccc(C(=O)C(CN)c2ccccc2)c1. The third kappa shape index (κ3) is 3.09. The molecule has 0 aromatic heterocycles. The molecule has 2 aromatic rings. The first-order chi connectivity index (χ1) is 9.26. The third-order valence-corrected chi connectivity index (χ3v) is 3.37. The van der Waals surface area contributed by atoms with Crippen molar-refractivity contribution in [3.63, 3.8) is 0 Å². The fraction of sp³-hybridized carbons (Fsp3) is 0.235. The van der Waals surface area contributed by atoms with Crippen molar-refractivity contribution < 1.29 is 4.79 Å². The van der Waals surface area contributed by atoms with Crippen molar-refractivity contribution in [2.75, 3.05) is 6.54 Å². The molecule has 0 aliphatic rings. The molecule has 1 unspecified atom stereocenters.